The predicted molar refractivity (Wildman–Crippen MR) is 163 cm³/mol. The Balaban J connectivity index is 2.08. The minimum atomic E-state index is -2.43. The molecule has 6 nitrogen and oxygen atoms in total. The summed E-state index contributed by atoms with van der Waals surface area (Å²) in [5.74, 6) is 1.01. The standard InChI is InChI=1S/C29H39ClO6S2Si/c1-7-33-26(31)29(37-18-11-19-38-29)25(35-27(32)34-20-21-12-9-8-10-13-21)24(22-14-16-23(30)17-15-22)36-39(5,6)28(2,3)4/h8-10,12-17,24-25H,7,11,18-20H2,1-6H3/t24-,25?/m1/s1. The van der Waals surface area contributed by atoms with Crippen LogP contribution in [0.5, 0.6) is 0 Å². The lowest BCUT2D eigenvalue weighted by atomic mass is 10.0. The van der Waals surface area contributed by atoms with Crippen LogP contribution in [0.2, 0.25) is 23.2 Å². The fourth-order valence-electron chi connectivity index (χ4n) is 3.82. The summed E-state index contributed by atoms with van der Waals surface area (Å²) in [4.78, 5) is 27.0. The molecule has 214 valence electrons. The molecular formula is C29H39ClO6S2Si. The van der Waals surface area contributed by atoms with Crippen molar-refractivity contribution >= 4 is 55.6 Å². The van der Waals surface area contributed by atoms with Gasteiger partial charge in [-0.2, -0.15) is 0 Å². The van der Waals surface area contributed by atoms with E-state index in [0.717, 1.165) is 29.1 Å². The van der Waals surface area contributed by atoms with Crippen LogP contribution in [0, 0.1) is 0 Å². The minimum Gasteiger partial charge on any atom is -0.464 e. The highest BCUT2D eigenvalue weighted by molar-refractivity contribution is 8.20. The van der Waals surface area contributed by atoms with E-state index in [2.05, 4.69) is 33.9 Å². The smallest absolute Gasteiger partial charge is 0.464 e. The SMILES string of the molecule is CCOC(=O)C1(C(OC(=O)OCc2ccccc2)[C@H](O[Si](C)(C)C(C)(C)C)c2ccc(Cl)cc2)SCCCS1. The summed E-state index contributed by atoms with van der Waals surface area (Å²) in [5, 5.41) is 0.436. The fourth-order valence-corrected chi connectivity index (χ4v) is 8.42. The van der Waals surface area contributed by atoms with Gasteiger partial charge >= 0.3 is 12.1 Å². The van der Waals surface area contributed by atoms with Gasteiger partial charge in [0.15, 0.2) is 18.5 Å². The van der Waals surface area contributed by atoms with E-state index in [0.29, 0.717) is 5.02 Å². The zero-order valence-corrected chi connectivity index (χ0v) is 26.9. The van der Waals surface area contributed by atoms with Gasteiger partial charge in [-0.3, -0.25) is 0 Å². The van der Waals surface area contributed by atoms with Gasteiger partial charge in [0, 0.05) is 5.02 Å². The molecule has 1 heterocycles. The topological polar surface area (TPSA) is 71.1 Å². The number of carbonyl (C=O) groups is 2. The molecule has 1 fully saturated rings. The van der Waals surface area contributed by atoms with Gasteiger partial charge in [-0.25, -0.2) is 9.59 Å². The maximum Gasteiger partial charge on any atom is 0.509 e. The zero-order chi connectivity index (χ0) is 28.7. The molecule has 0 bridgehead atoms. The molecule has 10 heteroatoms. The molecule has 3 rings (SSSR count). The van der Waals surface area contributed by atoms with Gasteiger partial charge in [0.05, 0.1) is 6.61 Å². The van der Waals surface area contributed by atoms with Crippen LogP contribution in [0.25, 0.3) is 0 Å². The van der Waals surface area contributed by atoms with Crippen molar-refractivity contribution in [2.24, 2.45) is 0 Å². The van der Waals surface area contributed by atoms with Gasteiger partial charge < -0.3 is 18.6 Å². The lowest BCUT2D eigenvalue weighted by molar-refractivity contribution is -0.148. The fraction of sp³-hybridized carbons (Fsp3) is 0.517. The Bertz CT molecular complexity index is 1090. The Morgan fingerprint density at radius 1 is 1.00 bits per heavy atom. The molecule has 1 aliphatic heterocycles. The first-order valence-corrected chi connectivity index (χ1v) is 18.4. The van der Waals surface area contributed by atoms with Crippen LogP contribution in [0.15, 0.2) is 54.6 Å². The lowest BCUT2D eigenvalue weighted by Gasteiger charge is -2.46. The van der Waals surface area contributed by atoms with Crippen LogP contribution >= 0.6 is 35.1 Å². The van der Waals surface area contributed by atoms with Gasteiger partial charge in [0.1, 0.15) is 12.7 Å². The Morgan fingerprint density at radius 3 is 2.18 bits per heavy atom. The van der Waals surface area contributed by atoms with E-state index in [9.17, 15) is 9.59 Å². The summed E-state index contributed by atoms with van der Waals surface area (Å²) < 4.78 is 23.0. The maximum atomic E-state index is 13.7. The van der Waals surface area contributed by atoms with Crippen molar-refractivity contribution in [1.29, 1.82) is 0 Å². The first-order valence-electron chi connectivity index (χ1n) is 13.2. The van der Waals surface area contributed by atoms with Crippen LogP contribution in [-0.2, 0) is 30.0 Å². The normalized spacial score (nSPS) is 17.1. The van der Waals surface area contributed by atoms with Crippen LogP contribution in [0.4, 0.5) is 4.79 Å². The van der Waals surface area contributed by atoms with Gasteiger partial charge in [-0.05, 0) is 66.2 Å². The summed E-state index contributed by atoms with van der Waals surface area (Å²) in [6.45, 7) is 12.7. The number of benzene rings is 2. The van der Waals surface area contributed by atoms with E-state index < -0.39 is 36.7 Å². The second-order valence-corrected chi connectivity index (χ2v) is 19.0. The Labute approximate surface area is 247 Å². The molecule has 1 unspecified atom stereocenters. The molecule has 0 aromatic heterocycles. The average molecular weight is 611 g/mol. The summed E-state index contributed by atoms with van der Waals surface area (Å²) >= 11 is 9.13. The zero-order valence-electron chi connectivity index (χ0n) is 23.5. The van der Waals surface area contributed by atoms with Crippen molar-refractivity contribution in [3.63, 3.8) is 0 Å². The second kappa shape index (κ2) is 13.8. The van der Waals surface area contributed by atoms with Crippen molar-refractivity contribution in [3.05, 3.63) is 70.7 Å². The summed E-state index contributed by atoms with van der Waals surface area (Å²) in [7, 11) is -2.43. The van der Waals surface area contributed by atoms with Crippen LogP contribution in [-0.4, -0.2) is 48.7 Å². The minimum absolute atomic E-state index is 0.0494. The van der Waals surface area contributed by atoms with Gasteiger partial charge in [-0.1, -0.05) is 74.8 Å². The summed E-state index contributed by atoms with van der Waals surface area (Å²) in [5.41, 5.74) is 1.60. The van der Waals surface area contributed by atoms with Crippen LogP contribution in [0.3, 0.4) is 0 Å². The third kappa shape index (κ3) is 8.19. The van der Waals surface area contributed by atoms with Crippen molar-refractivity contribution < 1.29 is 28.2 Å². The first kappa shape index (κ1) is 31.9. The van der Waals surface area contributed by atoms with Gasteiger partial charge in [-0.15, -0.1) is 23.5 Å². The molecule has 0 radical (unpaired) electrons. The molecule has 2 aromatic rings. The van der Waals surface area contributed by atoms with Crippen molar-refractivity contribution in [1.82, 2.24) is 0 Å². The molecule has 0 aliphatic carbocycles. The molecule has 1 aliphatic rings. The van der Waals surface area contributed by atoms with Gasteiger partial charge in [0.25, 0.3) is 0 Å². The van der Waals surface area contributed by atoms with Crippen LogP contribution < -0.4 is 0 Å². The monoisotopic (exact) mass is 610 g/mol. The highest BCUT2D eigenvalue weighted by Crippen LogP contribution is 2.52. The number of ether oxygens (including phenoxy) is 3. The first-order chi connectivity index (χ1) is 18.4. The van der Waals surface area contributed by atoms with Crippen molar-refractivity contribution in [2.75, 3.05) is 18.1 Å². The number of thioether (sulfide) groups is 2. The average Bonchev–Trinajstić information content (AvgIpc) is 2.90. The Kier molecular flexibility index (Phi) is 11.3. The molecule has 2 aromatic carbocycles. The summed E-state index contributed by atoms with van der Waals surface area (Å²) in [6.07, 6.45) is -1.71. The molecule has 0 N–H and O–H groups in total. The molecule has 1 saturated heterocycles. The van der Waals surface area contributed by atoms with E-state index >= 15 is 0 Å². The largest absolute Gasteiger partial charge is 0.509 e. The third-order valence-corrected chi connectivity index (χ3v) is 15.0. The number of esters is 1. The number of rotatable bonds is 10. The molecule has 0 saturated carbocycles. The maximum absolute atomic E-state index is 13.7. The van der Waals surface area contributed by atoms with E-state index in [-0.39, 0.29) is 18.3 Å². The molecule has 0 amide bonds. The molecule has 39 heavy (non-hydrogen) atoms. The third-order valence-electron chi connectivity index (χ3n) is 6.98. The molecule has 2 atom stereocenters. The van der Waals surface area contributed by atoms with Gasteiger partial charge in [0.2, 0.25) is 0 Å². The van der Waals surface area contributed by atoms with E-state index in [1.54, 1.807) is 19.1 Å². The number of hydrogen-bond donors (Lipinski definition) is 0. The molecule has 0 spiro atoms. The number of halogens is 1. The van der Waals surface area contributed by atoms with Crippen molar-refractivity contribution in [3.8, 4) is 0 Å². The van der Waals surface area contributed by atoms with Crippen molar-refractivity contribution in [2.45, 2.75) is 75.1 Å². The lowest BCUT2D eigenvalue weighted by Crippen LogP contribution is -2.54. The van der Waals surface area contributed by atoms with E-state index in [1.807, 2.05) is 42.5 Å². The quantitative estimate of drug-likeness (QED) is 0.197. The summed E-state index contributed by atoms with van der Waals surface area (Å²) in [6, 6.07) is 16.7. The number of carbonyl (C=O) groups excluding carboxylic acids is 2. The van der Waals surface area contributed by atoms with E-state index in [4.69, 9.17) is 30.2 Å². The molecular weight excluding hydrogens is 572 g/mol. The Hall–Kier alpha value is -1.65. The Morgan fingerprint density at radius 2 is 1.62 bits per heavy atom. The number of hydrogen-bond acceptors (Lipinski definition) is 8. The highest BCUT2D eigenvalue weighted by atomic mass is 35.5. The van der Waals surface area contributed by atoms with E-state index in [1.165, 1.54) is 23.5 Å². The second-order valence-electron chi connectivity index (χ2n) is 10.9. The predicted octanol–water partition coefficient (Wildman–Crippen LogP) is 8.25. The van der Waals surface area contributed by atoms with Crippen LogP contribution in [0.1, 0.15) is 51.3 Å². The highest BCUT2D eigenvalue weighted by Gasteiger charge is 2.57.